The molecule has 0 radical (unpaired) electrons. The van der Waals surface area contributed by atoms with Crippen LogP contribution in [0.25, 0.3) is 0 Å². The minimum absolute atomic E-state index is 0.995. The van der Waals surface area contributed by atoms with Crippen LogP contribution in [0.1, 0.15) is 0 Å². The Hall–Kier alpha value is -2.90. The van der Waals surface area contributed by atoms with Gasteiger partial charge in [-0.1, -0.05) is 0 Å². The van der Waals surface area contributed by atoms with Crippen LogP contribution in [0.15, 0.2) is 106 Å². The number of nitrogens with zero attached hydrogens (tertiary/aromatic N) is 9. The third-order valence-electron chi connectivity index (χ3n) is 7.97. The molecule has 1 saturated heterocycles. The Morgan fingerprint density at radius 3 is 0.846 bits per heavy atom. The summed E-state index contributed by atoms with van der Waals surface area (Å²) in [5.41, 5.74) is 3.41. The summed E-state index contributed by atoms with van der Waals surface area (Å²) in [5, 5.41) is 16.3. The van der Waals surface area contributed by atoms with Gasteiger partial charge in [0.1, 0.15) is 0 Å². The number of rotatable bonds is 3. The van der Waals surface area contributed by atoms with E-state index in [4.69, 9.17) is 15.3 Å². The fourth-order valence-electron chi connectivity index (χ4n) is 6.05. The number of hydrogen-bond acceptors (Lipinski definition) is 9. The Morgan fingerprint density at radius 2 is 0.615 bits per heavy atom. The normalized spacial score (nSPS) is 21.8. The van der Waals surface area contributed by atoms with Gasteiger partial charge >= 0.3 is 240 Å². The molecule has 0 amide bonds. The van der Waals surface area contributed by atoms with Gasteiger partial charge in [-0.15, -0.1) is 0 Å². The molecule has 39 heavy (non-hydrogen) atoms. The third kappa shape index (κ3) is 3.48. The number of fused-ring (bicyclic) bond motifs is 6. The molecule has 198 valence electrons. The average Bonchev–Trinajstić information content (AvgIpc) is 3.48. The van der Waals surface area contributed by atoms with Crippen molar-refractivity contribution in [3.05, 3.63) is 91.0 Å². The van der Waals surface area contributed by atoms with Gasteiger partial charge in [0, 0.05) is 0 Å². The topological polar surface area (TPSA) is 56.5 Å². The van der Waals surface area contributed by atoms with Crippen LogP contribution in [0, 0.1) is 0 Å². The fraction of sp³-hybridized carbons (Fsp3) is 0.222. The summed E-state index contributed by atoms with van der Waals surface area (Å²) >= 11 is -9.08. The van der Waals surface area contributed by atoms with Crippen molar-refractivity contribution in [2.24, 2.45) is 15.3 Å². The molecule has 0 aliphatic carbocycles. The van der Waals surface area contributed by atoms with Gasteiger partial charge in [0.05, 0.1) is 0 Å². The first-order valence-corrected chi connectivity index (χ1v) is 31.6. The van der Waals surface area contributed by atoms with Gasteiger partial charge in [-0.25, -0.2) is 0 Å². The maximum absolute atomic E-state index is 5.42. The van der Waals surface area contributed by atoms with Crippen molar-refractivity contribution in [1.29, 1.82) is 0 Å². The number of guanidine groups is 3. The minimum atomic E-state index is -3.03. The number of para-hydroxylation sites is 3. The van der Waals surface area contributed by atoms with E-state index in [1.54, 1.807) is 0 Å². The molecule has 4 aliphatic rings. The number of anilines is 3. The molecule has 3 aromatic carbocycles. The van der Waals surface area contributed by atoms with Crippen LogP contribution in [0.3, 0.4) is 0 Å². The summed E-state index contributed by atoms with van der Waals surface area (Å²) in [6.45, 7) is 0. The number of hydrazone groups is 3. The average molecular weight is 701 g/mol. The van der Waals surface area contributed by atoms with Gasteiger partial charge in [0.2, 0.25) is 0 Å². The van der Waals surface area contributed by atoms with Crippen LogP contribution in [0.5, 0.6) is 0 Å². The molecule has 4 heterocycles. The van der Waals surface area contributed by atoms with Crippen molar-refractivity contribution >= 4 is 76.1 Å². The second kappa shape index (κ2) is 8.55. The summed E-state index contributed by atoms with van der Waals surface area (Å²) in [7, 11) is 0. The predicted molar refractivity (Wildman–Crippen MR) is 167 cm³/mol. The summed E-state index contributed by atoms with van der Waals surface area (Å²) in [5.74, 6) is 17.5. The monoisotopic (exact) mass is 705 g/mol. The predicted octanol–water partition coefficient (Wildman–Crippen LogP) is 5.39. The van der Waals surface area contributed by atoms with Crippen molar-refractivity contribution in [3.63, 3.8) is 0 Å². The quantitative estimate of drug-likeness (QED) is 0.342. The molecule has 12 heteroatoms. The molecule has 0 saturated carbocycles. The van der Waals surface area contributed by atoms with Gasteiger partial charge in [-0.2, -0.15) is 0 Å². The van der Waals surface area contributed by atoms with E-state index >= 15 is 0 Å². The molecule has 0 atom stereocenters. The number of benzene rings is 3. The summed E-state index contributed by atoms with van der Waals surface area (Å²) < 4.78 is 14.6. The molecule has 9 nitrogen and oxygen atoms in total. The second-order valence-corrected chi connectivity index (χ2v) is 35.9. The van der Waals surface area contributed by atoms with Crippen molar-refractivity contribution in [1.82, 2.24) is 11.6 Å². The van der Waals surface area contributed by atoms with E-state index in [1.807, 2.05) is 0 Å². The molecule has 7 rings (SSSR count). The zero-order chi connectivity index (χ0) is 27.2. The molecule has 0 bridgehead atoms. The van der Waals surface area contributed by atoms with E-state index < -0.39 is 41.1 Å². The molecule has 0 N–H and O–H groups in total. The van der Waals surface area contributed by atoms with Gasteiger partial charge < -0.3 is 0 Å². The van der Waals surface area contributed by atoms with E-state index in [1.165, 1.54) is 0 Å². The van der Waals surface area contributed by atoms with E-state index in [0.717, 1.165) is 34.9 Å². The van der Waals surface area contributed by atoms with Crippen molar-refractivity contribution < 1.29 is 0 Å². The van der Waals surface area contributed by atoms with E-state index in [9.17, 15) is 0 Å². The molecule has 3 aromatic rings. The van der Waals surface area contributed by atoms with Crippen molar-refractivity contribution in [2.75, 3.05) is 11.9 Å². The zero-order valence-corrected chi connectivity index (χ0v) is 29.5. The zero-order valence-electron chi connectivity index (χ0n) is 23.2. The van der Waals surface area contributed by atoms with E-state index in [0.29, 0.717) is 0 Å². The summed E-state index contributed by atoms with van der Waals surface area (Å²) in [6, 6.07) is 31.8. The van der Waals surface area contributed by atoms with Crippen molar-refractivity contribution in [2.45, 2.75) is 34.5 Å². The Kier molecular flexibility index (Phi) is 5.50. The molecule has 0 unspecified atom stereocenters. The standard InChI is InChI=1S/C27H33Ge3N9/c1-28(2)34-25(31-37(28)22-16-10-7-11-17-22)35-27(33-39(29(35,3)4)24-20-14-9-15-21-24)36-26(34)32-38(30(36,5)6)23-18-12-8-13-19-23/h7-21H,1-6H3. The van der Waals surface area contributed by atoms with Gasteiger partial charge in [0.25, 0.3) is 0 Å². The van der Waals surface area contributed by atoms with Gasteiger partial charge in [-0.3, -0.25) is 0 Å². The van der Waals surface area contributed by atoms with Crippen LogP contribution < -0.4 is 11.9 Å². The molecular formula is C27H33Ge3N9. The first-order valence-electron chi connectivity index (χ1n) is 13.4. The summed E-state index contributed by atoms with van der Waals surface area (Å²) in [6.07, 6.45) is 0. The van der Waals surface area contributed by atoms with Crippen LogP contribution >= 0.6 is 0 Å². The Bertz CT molecular complexity index is 1320. The van der Waals surface area contributed by atoms with Crippen molar-refractivity contribution in [3.8, 4) is 0 Å². The Labute approximate surface area is 239 Å². The molecule has 4 aliphatic heterocycles. The molecular weight excluding hydrogens is 668 g/mol. The Balaban J connectivity index is 1.46. The van der Waals surface area contributed by atoms with E-state index in [-0.39, 0.29) is 0 Å². The van der Waals surface area contributed by atoms with Gasteiger partial charge in [-0.05, 0) is 0 Å². The van der Waals surface area contributed by atoms with Crippen LogP contribution in [0.4, 0.5) is 17.1 Å². The maximum atomic E-state index is 5.42. The third-order valence-corrected chi connectivity index (χ3v) is 26.2. The first-order chi connectivity index (χ1) is 18.6. The fourth-order valence-corrected chi connectivity index (χ4v) is 23.6. The SMILES string of the molecule is [CH3][Ge]1([CH3])[N]2C(=N[N]1c1ccccc1)[N]1C(=N[N](c3ccccc3)[Ge]1([CH3])[CH3])[N]1C2=N[N](c2ccccc2)[Ge]1([CH3])[CH3]. The number of hydrogen-bond donors (Lipinski definition) is 0. The summed E-state index contributed by atoms with van der Waals surface area (Å²) in [4.78, 5) is 0. The Morgan fingerprint density at radius 1 is 0.385 bits per heavy atom. The van der Waals surface area contributed by atoms with Crippen LogP contribution in [-0.2, 0) is 0 Å². The second-order valence-electron chi connectivity index (χ2n) is 11.6. The molecule has 1 fully saturated rings. The molecule has 0 aromatic heterocycles. The van der Waals surface area contributed by atoms with Crippen LogP contribution in [0.2, 0.25) is 34.5 Å². The van der Waals surface area contributed by atoms with Crippen LogP contribution in [-0.4, -0.2) is 70.6 Å². The first kappa shape index (κ1) is 25.1. The van der Waals surface area contributed by atoms with Gasteiger partial charge in [0.15, 0.2) is 0 Å². The van der Waals surface area contributed by atoms with E-state index in [2.05, 4.69) is 149 Å². The molecule has 0 spiro atoms.